The fourth-order valence-corrected chi connectivity index (χ4v) is 2.13. The molecule has 6 heteroatoms. The average Bonchev–Trinajstić information content (AvgIpc) is 2.70. The Morgan fingerprint density at radius 2 is 2.19 bits per heavy atom. The van der Waals surface area contributed by atoms with Gasteiger partial charge in [0.1, 0.15) is 6.54 Å². The molecule has 0 aliphatic rings. The number of rotatable bonds is 5. The van der Waals surface area contributed by atoms with Crippen molar-refractivity contribution in [3.8, 4) is 0 Å². The summed E-state index contributed by atoms with van der Waals surface area (Å²) in [5.41, 5.74) is 1.21. The van der Waals surface area contributed by atoms with Crippen molar-refractivity contribution in [2.75, 3.05) is 6.54 Å². The molecule has 2 amide bonds. The molecule has 1 aromatic heterocycles. The van der Waals surface area contributed by atoms with Crippen molar-refractivity contribution < 1.29 is 14.7 Å². The van der Waals surface area contributed by atoms with E-state index in [-0.39, 0.29) is 6.54 Å². The van der Waals surface area contributed by atoms with E-state index in [0.717, 1.165) is 11.3 Å². The third-order valence-corrected chi connectivity index (χ3v) is 2.99. The minimum atomic E-state index is -1.06. The molecule has 0 atom stereocenters. The highest BCUT2D eigenvalue weighted by molar-refractivity contribution is 7.10. The number of nitrogens with one attached hydrogen (secondary N) is 2. The van der Waals surface area contributed by atoms with Crippen LogP contribution >= 0.6 is 11.3 Å². The van der Waals surface area contributed by atoms with Gasteiger partial charge in [-0.25, -0.2) is 4.79 Å². The maximum absolute atomic E-state index is 11.2. The Bertz CT molecular complexity index is 376. The summed E-state index contributed by atoms with van der Waals surface area (Å²) >= 11 is 1.58. The van der Waals surface area contributed by atoms with Crippen LogP contribution in [0.2, 0.25) is 0 Å². The van der Waals surface area contributed by atoms with Crippen molar-refractivity contribution in [1.82, 2.24) is 10.6 Å². The van der Waals surface area contributed by atoms with Gasteiger partial charge in [0.2, 0.25) is 0 Å². The van der Waals surface area contributed by atoms with Crippen molar-refractivity contribution in [2.45, 2.75) is 19.9 Å². The number of carboxylic acid groups (broad SMARTS) is 1. The molecule has 0 fully saturated rings. The first-order chi connectivity index (χ1) is 7.63. The van der Waals surface area contributed by atoms with Crippen LogP contribution in [0.5, 0.6) is 0 Å². The number of amides is 2. The van der Waals surface area contributed by atoms with Gasteiger partial charge in [-0.05, 0) is 23.4 Å². The van der Waals surface area contributed by atoms with Crippen molar-refractivity contribution in [2.24, 2.45) is 0 Å². The molecule has 3 N–H and O–H groups in total. The summed E-state index contributed by atoms with van der Waals surface area (Å²) in [6.45, 7) is 2.12. The summed E-state index contributed by atoms with van der Waals surface area (Å²) in [6.07, 6.45) is 0.928. The zero-order valence-electron chi connectivity index (χ0n) is 8.95. The molecular weight excluding hydrogens is 228 g/mol. The molecular formula is C10H14N2O3S. The number of carboxylic acids is 1. The number of aryl methyl sites for hydroxylation is 1. The van der Waals surface area contributed by atoms with E-state index in [4.69, 9.17) is 5.11 Å². The Morgan fingerprint density at radius 1 is 1.44 bits per heavy atom. The quantitative estimate of drug-likeness (QED) is 0.725. The highest BCUT2D eigenvalue weighted by atomic mass is 32.1. The Labute approximate surface area is 97.5 Å². The van der Waals surface area contributed by atoms with E-state index in [2.05, 4.69) is 17.6 Å². The number of carbonyl (C=O) groups is 2. The second kappa shape index (κ2) is 6.12. The predicted octanol–water partition coefficient (Wildman–Crippen LogP) is 1.19. The van der Waals surface area contributed by atoms with Crippen LogP contribution in [0.15, 0.2) is 11.4 Å². The van der Waals surface area contributed by atoms with E-state index in [9.17, 15) is 9.59 Å². The van der Waals surface area contributed by atoms with E-state index < -0.39 is 12.0 Å². The molecule has 0 aliphatic heterocycles. The third kappa shape index (κ3) is 3.90. The van der Waals surface area contributed by atoms with Gasteiger partial charge in [-0.3, -0.25) is 4.79 Å². The van der Waals surface area contributed by atoms with E-state index in [1.807, 2.05) is 11.4 Å². The van der Waals surface area contributed by atoms with Gasteiger partial charge in [0, 0.05) is 4.88 Å². The van der Waals surface area contributed by atoms with Crippen molar-refractivity contribution >= 4 is 23.3 Å². The van der Waals surface area contributed by atoms with E-state index >= 15 is 0 Å². The number of hydrogen-bond donors (Lipinski definition) is 3. The van der Waals surface area contributed by atoms with E-state index in [0.29, 0.717) is 6.54 Å². The Hall–Kier alpha value is -1.56. The van der Waals surface area contributed by atoms with Gasteiger partial charge in [0.15, 0.2) is 0 Å². The lowest BCUT2D eigenvalue weighted by Gasteiger charge is -2.05. The van der Waals surface area contributed by atoms with Crippen LogP contribution in [0.25, 0.3) is 0 Å². The van der Waals surface area contributed by atoms with Gasteiger partial charge in [0.25, 0.3) is 0 Å². The second-order valence-electron chi connectivity index (χ2n) is 3.15. The highest BCUT2D eigenvalue weighted by Crippen LogP contribution is 2.16. The first-order valence-corrected chi connectivity index (χ1v) is 5.80. The van der Waals surface area contributed by atoms with Gasteiger partial charge in [-0.2, -0.15) is 0 Å². The SMILES string of the molecule is CCc1ccsc1CNC(=O)NCC(=O)O. The number of urea groups is 1. The van der Waals surface area contributed by atoms with Crippen LogP contribution in [-0.2, 0) is 17.8 Å². The molecule has 1 aromatic rings. The lowest BCUT2D eigenvalue weighted by molar-refractivity contribution is -0.135. The topological polar surface area (TPSA) is 78.4 Å². The number of thiophene rings is 1. The predicted molar refractivity (Wildman–Crippen MR) is 61.6 cm³/mol. The Balaban J connectivity index is 2.34. The molecule has 0 saturated heterocycles. The van der Waals surface area contributed by atoms with Gasteiger partial charge >= 0.3 is 12.0 Å². The molecule has 0 aromatic carbocycles. The van der Waals surface area contributed by atoms with Crippen LogP contribution in [-0.4, -0.2) is 23.7 Å². The second-order valence-corrected chi connectivity index (χ2v) is 4.15. The smallest absolute Gasteiger partial charge is 0.323 e. The average molecular weight is 242 g/mol. The van der Waals surface area contributed by atoms with Crippen LogP contribution in [0.4, 0.5) is 4.79 Å². The number of hydrogen-bond acceptors (Lipinski definition) is 3. The highest BCUT2D eigenvalue weighted by Gasteiger charge is 2.05. The number of carbonyl (C=O) groups excluding carboxylic acids is 1. The Morgan fingerprint density at radius 3 is 2.81 bits per heavy atom. The first kappa shape index (κ1) is 12.5. The molecule has 0 unspecified atom stereocenters. The fraction of sp³-hybridized carbons (Fsp3) is 0.400. The maximum Gasteiger partial charge on any atom is 0.323 e. The Kier molecular flexibility index (Phi) is 4.78. The van der Waals surface area contributed by atoms with Crippen molar-refractivity contribution in [1.29, 1.82) is 0 Å². The van der Waals surface area contributed by atoms with E-state index in [1.165, 1.54) is 5.56 Å². The van der Waals surface area contributed by atoms with Crippen molar-refractivity contribution in [3.05, 3.63) is 21.9 Å². The van der Waals surface area contributed by atoms with Crippen LogP contribution in [0.1, 0.15) is 17.4 Å². The summed E-state index contributed by atoms with van der Waals surface area (Å²) in [4.78, 5) is 22.5. The third-order valence-electron chi connectivity index (χ3n) is 2.03. The number of aliphatic carboxylic acids is 1. The van der Waals surface area contributed by atoms with Crippen molar-refractivity contribution in [3.63, 3.8) is 0 Å². The standard InChI is InChI=1S/C10H14N2O3S/c1-2-7-3-4-16-8(7)5-11-10(15)12-6-9(13)14/h3-4H,2,5-6H2,1H3,(H,13,14)(H2,11,12,15). The molecule has 16 heavy (non-hydrogen) atoms. The summed E-state index contributed by atoms with van der Waals surface area (Å²) in [7, 11) is 0. The summed E-state index contributed by atoms with van der Waals surface area (Å²) in [5.74, 6) is -1.06. The van der Waals surface area contributed by atoms with Crippen LogP contribution in [0.3, 0.4) is 0 Å². The summed E-state index contributed by atoms with van der Waals surface area (Å²) in [6, 6.07) is 1.56. The molecule has 1 heterocycles. The minimum Gasteiger partial charge on any atom is -0.480 e. The molecule has 0 spiro atoms. The monoisotopic (exact) mass is 242 g/mol. The molecule has 5 nitrogen and oxygen atoms in total. The zero-order chi connectivity index (χ0) is 12.0. The molecule has 0 bridgehead atoms. The molecule has 0 aliphatic carbocycles. The largest absolute Gasteiger partial charge is 0.480 e. The van der Waals surface area contributed by atoms with Gasteiger partial charge in [-0.15, -0.1) is 11.3 Å². The first-order valence-electron chi connectivity index (χ1n) is 4.92. The maximum atomic E-state index is 11.2. The molecule has 88 valence electrons. The van der Waals surface area contributed by atoms with Gasteiger partial charge in [-0.1, -0.05) is 6.92 Å². The normalized spacial score (nSPS) is 9.81. The van der Waals surface area contributed by atoms with E-state index in [1.54, 1.807) is 11.3 Å². The van der Waals surface area contributed by atoms with Gasteiger partial charge < -0.3 is 15.7 Å². The minimum absolute atomic E-state index is 0.364. The van der Waals surface area contributed by atoms with Crippen LogP contribution < -0.4 is 10.6 Å². The summed E-state index contributed by atoms with van der Waals surface area (Å²) < 4.78 is 0. The van der Waals surface area contributed by atoms with Crippen LogP contribution in [0, 0.1) is 0 Å². The molecule has 1 rings (SSSR count). The molecule has 0 saturated carbocycles. The fourth-order valence-electron chi connectivity index (χ4n) is 1.22. The lowest BCUT2D eigenvalue weighted by atomic mass is 10.2. The zero-order valence-corrected chi connectivity index (χ0v) is 9.76. The lowest BCUT2D eigenvalue weighted by Crippen LogP contribution is -2.37. The molecule has 0 radical (unpaired) electrons. The summed E-state index contributed by atoms with van der Waals surface area (Å²) in [5, 5.41) is 15.2. The van der Waals surface area contributed by atoms with Gasteiger partial charge in [0.05, 0.1) is 6.54 Å².